The molecule has 1 saturated heterocycles. The van der Waals surface area contributed by atoms with E-state index < -0.39 is 0 Å². The lowest BCUT2D eigenvalue weighted by Crippen LogP contribution is -2.50. The minimum Gasteiger partial charge on any atom is -0.483 e. The summed E-state index contributed by atoms with van der Waals surface area (Å²) in [5.41, 5.74) is 2.01. The Morgan fingerprint density at radius 1 is 1.03 bits per heavy atom. The number of hydrogen-bond donors (Lipinski definition) is 0. The van der Waals surface area contributed by atoms with Crippen molar-refractivity contribution in [2.24, 2.45) is 0 Å². The maximum absolute atomic E-state index is 12.6. The molecule has 2 aromatic heterocycles. The molecular weight excluding hydrogens is 396 g/mol. The van der Waals surface area contributed by atoms with E-state index in [1.165, 1.54) is 0 Å². The van der Waals surface area contributed by atoms with Crippen LogP contribution in [0.4, 0.5) is 5.82 Å². The number of piperazine rings is 1. The maximum atomic E-state index is 12.6. The molecule has 0 atom stereocenters. The summed E-state index contributed by atoms with van der Waals surface area (Å²) < 4.78 is 5.85. The average molecular weight is 423 g/mol. The lowest BCUT2D eigenvalue weighted by atomic mass is 10.0. The van der Waals surface area contributed by atoms with E-state index in [9.17, 15) is 4.79 Å². The van der Waals surface area contributed by atoms with Gasteiger partial charge in [-0.05, 0) is 41.1 Å². The number of para-hydroxylation sites is 1. The van der Waals surface area contributed by atoms with Gasteiger partial charge in [-0.15, -0.1) is 21.5 Å². The first-order valence-corrected chi connectivity index (χ1v) is 11.1. The fourth-order valence-electron chi connectivity index (χ4n) is 3.55. The van der Waals surface area contributed by atoms with Crippen LogP contribution in [-0.2, 0) is 4.79 Å². The zero-order valence-electron chi connectivity index (χ0n) is 17.3. The molecule has 3 aromatic rings. The van der Waals surface area contributed by atoms with E-state index in [-0.39, 0.29) is 12.5 Å². The Morgan fingerprint density at radius 2 is 1.83 bits per heavy atom. The lowest BCUT2D eigenvalue weighted by Gasteiger charge is -2.35. The van der Waals surface area contributed by atoms with Gasteiger partial charge in [-0.2, -0.15) is 0 Å². The van der Waals surface area contributed by atoms with Crippen LogP contribution in [0.15, 0.2) is 53.9 Å². The summed E-state index contributed by atoms with van der Waals surface area (Å²) in [4.78, 5) is 17.8. The molecule has 0 saturated carbocycles. The molecule has 4 rings (SSSR count). The largest absolute Gasteiger partial charge is 0.483 e. The van der Waals surface area contributed by atoms with E-state index in [1.807, 2.05) is 58.8 Å². The van der Waals surface area contributed by atoms with Crippen LogP contribution in [0.5, 0.6) is 5.75 Å². The SMILES string of the molecule is CC(C)c1ccccc1OCC(=O)N1CCN(c2ccc(-c3cccs3)nn2)CC1. The van der Waals surface area contributed by atoms with Gasteiger partial charge in [0.15, 0.2) is 12.4 Å². The average Bonchev–Trinajstić information content (AvgIpc) is 3.33. The van der Waals surface area contributed by atoms with Crippen LogP contribution in [0.25, 0.3) is 10.6 Å². The number of benzene rings is 1. The predicted molar refractivity (Wildman–Crippen MR) is 120 cm³/mol. The fraction of sp³-hybridized carbons (Fsp3) is 0.348. The number of amides is 1. The summed E-state index contributed by atoms with van der Waals surface area (Å²) in [5.74, 6) is 2.02. The third kappa shape index (κ3) is 4.62. The first-order valence-electron chi connectivity index (χ1n) is 10.2. The Morgan fingerprint density at radius 3 is 2.50 bits per heavy atom. The van der Waals surface area contributed by atoms with Gasteiger partial charge in [0.25, 0.3) is 5.91 Å². The van der Waals surface area contributed by atoms with E-state index in [4.69, 9.17) is 4.74 Å². The Balaban J connectivity index is 1.29. The van der Waals surface area contributed by atoms with Crippen LogP contribution in [0.2, 0.25) is 0 Å². The summed E-state index contributed by atoms with van der Waals surface area (Å²) in [5, 5.41) is 10.8. The standard InChI is InChI=1S/C23H26N4O2S/c1-17(2)18-6-3-4-7-20(18)29-16-23(28)27-13-11-26(12-14-27)22-10-9-19(24-25-22)21-8-5-15-30-21/h3-10,15,17H,11-14,16H2,1-2H3. The Hall–Kier alpha value is -2.93. The normalized spacial score (nSPS) is 14.2. The first kappa shape index (κ1) is 20.3. The maximum Gasteiger partial charge on any atom is 0.260 e. The molecule has 6 nitrogen and oxygen atoms in total. The monoisotopic (exact) mass is 422 g/mol. The highest BCUT2D eigenvalue weighted by molar-refractivity contribution is 7.13. The van der Waals surface area contributed by atoms with Gasteiger partial charge in [0.1, 0.15) is 11.4 Å². The molecule has 1 aromatic carbocycles. The molecule has 1 aliphatic heterocycles. The van der Waals surface area contributed by atoms with Gasteiger partial charge in [-0.3, -0.25) is 4.79 Å². The number of nitrogens with zero attached hydrogens (tertiary/aromatic N) is 4. The van der Waals surface area contributed by atoms with E-state index in [0.29, 0.717) is 19.0 Å². The van der Waals surface area contributed by atoms with Crippen LogP contribution in [0, 0.1) is 0 Å². The number of hydrogen-bond acceptors (Lipinski definition) is 6. The number of aromatic nitrogens is 2. The minimum absolute atomic E-state index is 0.0207. The number of rotatable bonds is 6. The molecule has 1 aliphatic rings. The van der Waals surface area contributed by atoms with Gasteiger partial charge >= 0.3 is 0 Å². The molecule has 0 aliphatic carbocycles. The zero-order chi connectivity index (χ0) is 20.9. The number of ether oxygens (including phenoxy) is 1. The molecule has 0 radical (unpaired) electrons. The number of carbonyl (C=O) groups is 1. The molecule has 0 spiro atoms. The van der Waals surface area contributed by atoms with Crippen LogP contribution in [-0.4, -0.2) is 53.8 Å². The molecule has 0 N–H and O–H groups in total. The van der Waals surface area contributed by atoms with Crippen molar-refractivity contribution in [1.29, 1.82) is 0 Å². The van der Waals surface area contributed by atoms with Gasteiger partial charge in [-0.1, -0.05) is 38.1 Å². The summed E-state index contributed by atoms with van der Waals surface area (Å²) in [6, 6.07) is 16.0. The first-order chi connectivity index (χ1) is 14.6. The molecular formula is C23H26N4O2S. The minimum atomic E-state index is 0.0207. The summed E-state index contributed by atoms with van der Waals surface area (Å²) in [6.07, 6.45) is 0. The van der Waals surface area contributed by atoms with E-state index in [1.54, 1.807) is 11.3 Å². The van der Waals surface area contributed by atoms with Crippen LogP contribution < -0.4 is 9.64 Å². The second-order valence-corrected chi connectivity index (χ2v) is 8.55. The van der Waals surface area contributed by atoms with E-state index in [2.05, 4.69) is 28.9 Å². The Kier molecular flexibility index (Phi) is 6.28. The molecule has 30 heavy (non-hydrogen) atoms. The number of thiophene rings is 1. The molecule has 0 bridgehead atoms. The van der Waals surface area contributed by atoms with Crippen LogP contribution >= 0.6 is 11.3 Å². The quantitative estimate of drug-likeness (QED) is 0.600. The van der Waals surface area contributed by atoms with Gasteiger partial charge in [0.2, 0.25) is 0 Å². The summed E-state index contributed by atoms with van der Waals surface area (Å²) >= 11 is 1.65. The lowest BCUT2D eigenvalue weighted by molar-refractivity contribution is -0.133. The highest BCUT2D eigenvalue weighted by atomic mass is 32.1. The van der Waals surface area contributed by atoms with E-state index in [0.717, 1.165) is 40.8 Å². The Labute approximate surface area is 181 Å². The van der Waals surface area contributed by atoms with Crippen molar-refractivity contribution in [1.82, 2.24) is 15.1 Å². The van der Waals surface area contributed by atoms with Gasteiger partial charge in [-0.25, -0.2) is 0 Å². The smallest absolute Gasteiger partial charge is 0.260 e. The predicted octanol–water partition coefficient (Wildman–Crippen LogP) is 4.06. The van der Waals surface area contributed by atoms with Gasteiger partial charge in [0, 0.05) is 26.2 Å². The molecule has 1 fully saturated rings. The highest BCUT2D eigenvalue weighted by Crippen LogP contribution is 2.26. The third-order valence-electron chi connectivity index (χ3n) is 5.27. The zero-order valence-corrected chi connectivity index (χ0v) is 18.1. The van der Waals surface area contributed by atoms with Crippen molar-refractivity contribution in [3.05, 3.63) is 59.5 Å². The van der Waals surface area contributed by atoms with Crippen LogP contribution in [0.3, 0.4) is 0 Å². The van der Waals surface area contributed by atoms with Crippen molar-refractivity contribution >= 4 is 23.1 Å². The third-order valence-corrected chi connectivity index (χ3v) is 6.17. The molecule has 156 valence electrons. The van der Waals surface area contributed by atoms with Gasteiger partial charge in [0.05, 0.1) is 4.88 Å². The molecule has 7 heteroatoms. The molecule has 3 heterocycles. The van der Waals surface area contributed by atoms with E-state index >= 15 is 0 Å². The second kappa shape index (κ2) is 9.26. The van der Waals surface area contributed by atoms with Crippen molar-refractivity contribution in [3.63, 3.8) is 0 Å². The van der Waals surface area contributed by atoms with Gasteiger partial charge < -0.3 is 14.5 Å². The van der Waals surface area contributed by atoms with Crippen LogP contribution in [0.1, 0.15) is 25.3 Å². The van der Waals surface area contributed by atoms with Crippen molar-refractivity contribution in [2.75, 3.05) is 37.7 Å². The van der Waals surface area contributed by atoms with Crippen molar-refractivity contribution < 1.29 is 9.53 Å². The topological polar surface area (TPSA) is 58.6 Å². The highest BCUT2D eigenvalue weighted by Gasteiger charge is 2.23. The second-order valence-electron chi connectivity index (χ2n) is 7.60. The van der Waals surface area contributed by atoms with Crippen molar-refractivity contribution in [3.8, 4) is 16.3 Å². The number of anilines is 1. The van der Waals surface area contributed by atoms with Crippen molar-refractivity contribution in [2.45, 2.75) is 19.8 Å². The molecule has 1 amide bonds. The summed E-state index contributed by atoms with van der Waals surface area (Å²) in [6.45, 7) is 7.10. The Bertz CT molecular complexity index is 965. The fourth-order valence-corrected chi connectivity index (χ4v) is 4.24. The summed E-state index contributed by atoms with van der Waals surface area (Å²) in [7, 11) is 0. The number of carbonyl (C=O) groups excluding carboxylic acids is 1. The molecule has 0 unspecified atom stereocenters.